The van der Waals surface area contributed by atoms with E-state index in [2.05, 4.69) is 21.9 Å². The average Bonchev–Trinajstić information content (AvgIpc) is 2.68. The normalized spacial score (nSPS) is 16.6. The smallest absolute Gasteiger partial charge is 0.263 e. The Morgan fingerprint density at radius 1 is 1.14 bits per heavy atom. The molecule has 0 amide bonds. The zero-order chi connectivity index (χ0) is 20.0. The molecule has 1 atom stereocenters. The lowest BCUT2D eigenvalue weighted by Gasteiger charge is -2.25. The molecule has 4 N–H and O–H groups in total. The van der Waals surface area contributed by atoms with Crippen LogP contribution in [0.4, 0.5) is 11.5 Å². The van der Waals surface area contributed by atoms with Gasteiger partial charge in [-0.15, -0.1) is 0 Å². The fourth-order valence-corrected chi connectivity index (χ4v) is 4.86. The summed E-state index contributed by atoms with van der Waals surface area (Å²) in [5.41, 5.74) is 7.05. The fourth-order valence-electron chi connectivity index (χ4n) is 3.82. The van der Waals surface area contributed by atoms with Crippen LogP contribution < -0.4 is 15.8 Å². The largest absolute Gasteiger partial charge is 0.384 e. The SMILES string of the molecule is CC(CC1CCCCC1)NCc1ccccc1NS(=O)(=O)c1ccc(N)nc1. The second kappa shape index (κ2) is 9.39. The summed E-state index contributed by atoms with van der Waals surface area (Å²) in [4.78, 5) is 3.96. The molecule has 7 heteroatoms. The quantitative estimate of drug-likeness (QED) is 0.622. The van der Waals surface area contributed by atoms with Gasteiger partial charge in [0.1, 0.15) is 10.7 Å². The second-order valence-corrected chi connectivity index (χ2v) is 9.39. The number of aromatic nitrogens is 1. The van der Waals surface area contributed by atoms with Crippen LogP contribution in [0.3, 0.4) is 0 Å². The standard InChI is InChI=1S/C21H30N4O2S/c1-16(13-17-7-3-2-4-8-17)23-14-18-9-5-6-10-20(18)25-28(26,27)19-11-12-21(22)24-15-19/h5-6,9-12,15-17,23,25H,2-4,7-8,13-14H2,1H3,(H2,22,24). The molecule has 6 nitrogen and oxygen atoms in total. The van der Waals surface area contributed by atoms with E-state index in [0.29, 0.717) is 18.3 Å². The van der Waals surface area contributed by atoms with E-state index in [1.165, 1.54) is 56.9 Å². The number of hydrogen-bond donors (Lipinski definition) is 3. The van der Waals surface area contributed by atoms with Gasteiger partial charge in [0.05, 0.1) is 5.69 Å². The summed E-state index contributed by atoms with van der Waals surface area (Å²) in [5, 5.41) is 3.56. The highest BCUT2D eigenvalue weighted by molar-refractivity contribution is 7.92. The highest BCUT2D eigenvalue weighted by atomic mass is 32.2. The maximum Gasteiger partial charge on any atom is 0.263 e. The number of hydrogen-bond acceptors (Lipinski definition) is 5. The predicted octanol–water partition coefficient (Wildman–Crippen LogP) is 3.91. The fraction of sp³-hybridized carbons (Fsp3) is 0.476. The Balaban J connectivity index is 1.63. The van der Waals surface area contributed by atoms with Crippen LogP contribution in [-0.2, 0) is 16.6 Å². The van der Waals surface area contributed by atoms with E-state index in [0.717, 1.165) is 11.5 Å². The van der Waals surface area contributed by atoms with Gasteiger partial charge in [-0.3, -0.25) is 4.72 Å². The van der Waals surface area contributed by atoms with E-state index < -0.39 is 10.0 Å². The Kier molecular flexibility index (Phi) is 6.91. The van der Waals surface area contributed by atoms with Crippen molar-refractivity contribution < 1.29 is 8.42 Å². The number of benzene rings is 1. The van der Waals surface area contributed by atoms with E-state index >= 15 is 0 Å². The lowest BCUT2D eigenvalue weighted by atomic mass is 9.85. The molecular weight excluding hydrogens is 372 g/mol. The highest BCUT2D eigenvalue weighted by Crippen LogP contribution is 2.27. The Morgan fingerprint density at radius 2 is 1.89 bits per heavy atom. The van der Waals surface area contributed by atoms with E-state index in [-0.39, 0.29) is 10.7 Å². The van der Waals surface area contributed by atoms with Crippen molar-refractivity contribution in [2.45, 2.75) is 62.9 Å². The molecule has 2 aromatic rings. The van der Waals surface area contributed by atoms with Gasteiger partial charge in [-0.1, -0.05) is 50.3 Å². The number of nitrogens with two attached hydrogens (primary N) is 1. The van der Waals surface area contributed by atoms with Gasteiger partial charge in [-0.05, 0) is 43.0 Å². The summed E-state index contributed by atoms with van der Waals surface area (Å²) >= 11 is 0. The molecule has 0 bridgehead atoms. The zero-order valence-corrected chi connectivity index (χ0v) is 17.2. The Hall–Kier alpha value is -2.12. The first-order valence-electron chi connectivity index (χ1n) is 9.99. The predicted molar refractivity (Wildman–Crippen MR) is 113 cm³/mol. The molecule has 0 aliphatic heterocycles. The number of anilines is 2. The van der Waals surface area contributed by atoms with Crippen molar-refractivity contribution in [3.63, 3.8) is 0 Å². The average molecular weight is 403 g/mol. The summed E-state index contributed by atoms with van der Waals surface area (Å²) < 4.78 is 28.0. The van der Waals surface area contributed by atoms with E-state index in [1.54, 1.807) is 6.07 Å². The molecule has 1 saturated carbocycles. The Labute approximate surface area is 168 Å². The molecule has 1 aromatic heterocycles. The molecule has 28 heavy (non-hydrogen) atoms. The number of nitrogens with one attached hydrogen (secondary N) is 2. The molecule has 1 heterocycles. The van der Waals surface area contributed by atoms with Gasteiger partial charge >= 0.3 is 0 Å². The molecule has 3 rings (SSSR count). The van der Waals surface area contributed by atoms with Crippen molar-refractivity contribution >= 4 is 21.5 Å². The minimum absolute atomic E-state index is 0.0927. The van der Waals surface area contributed by atoms with Gasteiger partial charge in [0.25, 0.3) is 10.0 Å². The van der Waals surface area contributed by atoms with Gasteiger partial charge in [0, 0.05) is 18.8 Å². The monoisotopic (exact) mass is 402 g/mol. The molecule has 1 aliphatic carbocycles. The molecule has 1 aliphatic rings. The molecule has 1 unspecified atom stereocenters. The summed E-state index contributed by atoms with van der Waals surface area (Å²) in [6.07, 6.45) is 9.17. The van der Waals surface area contributed by atoms with Crippen molar-refractivity contribution in [1.29, 1.82) is 0 Å². The number of sulfonamides is 1. The van der Waals surface area contributed by atoms with Crippen molar-refractivity contribution in [3.8, 4) is 0 Å². The third-order valence-electron chi connectivity index (χ3n) is 5.38. The molecule has 0 saturated heterocycles. The topological polar surface area (TPSA) is 97.1 Å². The number of pyridine rings is 1. The van der Waals surface area contributed by atoms with Crippen LogP contribution in [0, 0.1) is 5.92 Å². The zero-order valence-electron chi connectivity index (χ0n) is 16.4. The number of para-hydroxylation sites is 1. The molecular formula is C21H30N4O2S. The summed E-state index contributed by atoms with van der Waals surface area (Å²) in [6.45, 7) is 2.83. The minimum atomic E-state index is -3.71. The van der Waals surface area contributed by atoms with Crippen LogP contribution in [0.5, 0.6) is 0 Å². The lowest BCUT2D eigenvalue weighted by molar-refractivity contribution is 0.305. The maximum atomic E-state index is 12.7. The molecule has 1 fully saturated rings. The molecule has 0 radical (unpaired) electrons. The van der Waals surface area contributed by atoms with Crippen molar-refractivity contribution in [1.82, 2.24) is 10.3 Å². The van der Waals surface area contributed by atoms with Gasteiger partial charge in [-0.2, -0.15) is 0 Å². The second-order valence-electron chi connectivity index (χ2n) is 7.70. The highest BCUT2D eigenvalue weighted by Gasteiger charge is 2.18. The Bertz CT molecular complexity index is 862. The molecule has 0 spiro atoms. The van der Waals surface area contributed by atoms with Crippen LogP contribution >= 0.6 is 0 Å². The van der Waals surface area contributed by atoms with Crippen LogP contribution in [-0.4, -0.2) is 19.4 Å². The van der Waals surface area contributed by atoms with Gasteiger partial charge in [0.15, 0.2) is 0 Å². The summed E-state index contributed by atoms with van der Waals surface area (Å²) in [7, 11) is -3.71. The first-order chi connectivity index (χ1) is 13.4. The minimum Gasteiger partial charge on any atom is -0.384 e. The van der Waals surface area contributed by atoms with Gasteiger partial charge in [0.2, 0.25) is 0 Å². The van der Waals surface area contributed by atoms with Crippen LogP contribution in [0.1, 0.15) is 51.0 Å². The maximum absolute atomic E-state index is 12.7. The van der Waals surface area contributed by atoms with Crippen LogP contribution in [0.2, 0.25) is 0 Å². The van der Waals surface area contributed by atoms with E-state index in [9.17, 15) is 8.42 Å². The van der Waals surface area contributed by atoms with Gasteiger partial charge in [-0.25, -0.2) is 13.4 Å². The number of rotatable bonds is 8. The van der Waals surface area contributed by atoms with Crippen LogP contribution in [0.15, 0.2) is 47.5 Å². The van der Waals surface area contributed by atoms with Crippen molar-refractivity contribution in [3.05, 3.63) is 48.2 Å². The van der Waals surface area contributed by atoms with Crippen molar-refractivity contribution in [2.75, 3.05) is 10.5 Å². The van der Waals surface area contributed by atoms with E-state index in [4.69, 9.17) is 5.73 Å². The molecule has 1 aromatic carbocycles. The lowest BCUT2D eigenvalue weighted by Crippen LogP contribution is -2.29. The third-order valence-corrected chi connectivity index (χ3v) is 6.73. The van der Waals surface area contributed by atoms with E-state index in [1.807, 2.05) is 18.2 Å². The Morgan fingerprint density at radius 3 is 2.61 bits per heavy atom. The third kappa shape index (κ3) is 5.69. The first kappa shape index (κ1) is 20.6. The van der Waals surface area contributed by atoms with Crippen LogP contribution in [0.25, 0.3) is 0 Å². The summed E-state index contributed by atoms with van der Waals surface area (Å²) in [5.74, 6) is 1.10. The first-order valence-corrected chi connectivity index (χ1v) is 11.5. The number of nitrogens with zero attached hydrogens (tertiary/aromatic N) is 1. The number of nitrogen functional groups attached to an aromatic ring is 1. The summed E-state index contributed by atoms with van der Waals surface area (Å²) in [6, 6.07) is 10.8. The molecule has 152 valence electrons. The van der Waals surface area contributed by atoms with Gasteiger partial charge < -0.3 is 11.1 Å². The van der Waals surface area contributed by atoms with Crippen molar-refractivity contribution in [2.24, 2.45) is 5.92 Å².